The average molecular weight is 391 g/mol. The van der Waals surface area contributed by atoms with Gasteiger partial charge in [-0.25, -0.2) is 4.79 Å². The molecular weight excluding hydrogens is 375 g/mol. The molecule has 5 nitrogen and oxygen atoms in total. The Bertz CT molecular complexity index is 980. The molecule has 134 valence electrons. The van der Waals surface area contributed by atoms with Crippen molar-refractivity contribution in [1.82, 2.24) is 9.88 Å². The lowest BCUT2D eigenvalue weighted by atomic mass is 10.0. The number of hydrogen-bond donors (Lipinski definition) is 2. The highest BCUT2D eigenvalue weighted by molar-refractivity contribution is 6.45. The predicted molar refractivity (Wildman–Crippen MR) is 102 cm³/mol. The van der Waals surface area contributed by atoms with Crippen LogP contribution in [0.2, 0.25) is 10.0 Å². The third-order valence-electron chi connectivity index (χ3n) is 4.53. The van der Waals surface area contributed by atoms with E-state index in [1.54, 1.807) is 16.7 Å². The van der Waals surface area contributed by atoms with Crippen LogP contribution in [0.25, 0.3) is 16.6 Å². The lowest BCUT2D eigenvalue weighted by molar-refractivity contribution is 0.0271. The maximum atomic E-state index is 12.3. The third-order valence-corrected chi connectivity index (χ3v) is 5.33. The molecule has 2 heterocycles. The minimum Gasteiger partial charge on any atom is -0.477 e. The molecule has 1 aliphatic heterocycles. The molecular formula is C19H16Cl2N2O3. The summed E-state index contributed by atoms with van der Waals surface area (Å²) in [5.74, 6) is -1.04. The number of hydrogen-bond acceptors (Lipinski definition) is 3. The third kappa shape index (κ3) is 2.77. The zero-order valence-corrected chi connectivity index (χ0v) is 15.2. The zero-order chi connectivity index (χ0) is 18.3. The normalized spacial score (nSPS) is 17.5. The van der Waals surface area contributed by atoms with Crippen molar-refractivity contribution in [1.29, 1.82) is 0 Å². The van der Waals surface area contributed by atoms with Gasteiger partial charge < -0.3 is 19.7 Å². The summed E-state index contributed by atoms with van der Waals surface area (Å²) in [4.78, 5) is 12.3. The van der Waals surface area contributed by atoms with E-state index in [0.717, 1.165) is 12.2 Å². The van der Waals surface area contributed by atoms with Gasteiger partial charge in [0.25, 0.3) is 0 Å². The largest absolute Gasteiger partial charge is 0.477 e. The smallest absolute Gasteiger partial charge is 0.353 e. The van der Waals surface area contributed by atoms with E-state index in [4.69, 9.17) is 27.9 Å². The van der Waals surface area contributed by atoms with E-state index in [-0.39, 0.29) is 5.69 Å². The van der Waals surface area contributed by atoms with Crippen LogP contribution in [-0.2, 0) is 4.74 Å². The number of carboxylic acid groups (broad SMARTS) is 1. The Balaban J connectivity index is 2.12. The number of nitrogens with one attached hydrogen (secondary N) is 1. The van der Waals surface area contributed by atoms with Gasteiger partial charge >= 0.3 is 5.97 Å². The zero-order valence-electron chi connectivity index (χ0n) is 13.7. The SMILES string of the molecule is O=C(O)c1c(C2CNCCO2)c2c(Cl)c(Cl)ccc2n1-c1ccccc1. The molecule has 7 heteroatoms. The minimum absolute atomic E-state index is 0.143. The summed E-state index contributed by atoms with van der Waals surface area (Å²) in [6, 6.07) is 12.8. The summed E-state index contributed by atoms with van der Waals surface area (Å²) >= 11 is 12.8. The van der Waals surface area contributed by atoms with E-state index >= 15 is 0 Å². The fourth-order valence-electron chi connectivity index (χ4n) is 3.46. The molecule has 0 saturated carbocycles. The molecule has 0 radical (unpaired) electrons. The van der Waals surface area contributed by atoms with Crippen LogP contribution in [0.5, 0.6) is 0 Å². The minimum atomic E-state index is -1.04. The van der Waals surface area contributed by atoms with Crippen molar-refractivity contribution < 1.29 is 14.6 Å². The van der Waals surface area contributed by atoms with Crippen LogP contribution < -0.4 is 5.32 Å². The highest BCUT2D eigenvalue weighted by atomic mass is 35.5. The summed E-state index contributed by atoms with van der Waals surface area (Å²) in [6.45, 7) is 1.74. The topological polar surface area (TPSA) is 63.5 Å². The van der Waals surface area contributed by atoms with E-state index in [1.165, 1.54) is 0 Å². The Kier molecular flexibility index (Phi) is 4.63. The molecule has 26 heavy (non-hydrogen) atoms. The van der Waals surface area contributed by atoms with Crippen LogP contribution in [0.3, 0.4) is 0 Å². The highest BCUT2D eigenvalue weighted by Gasteiger charge is 2.31. The number of ether oxygens (including phenoxy) is 1. The summed E-state index contributed by atoms with van der Waals surface area (Å²) in [6.07, 6.45) is -0.418. The molecule has 1 aliphatic rings. The van der Waals surface area contributed by atoms with Crippen molar-refractivity contribution in [3.05, 3.63) is 63.8 Å². The molecule has 1 aromatic heterocycles. The Morgan fingerprint density at radius 1 is 1.19 bits per heavy atom. The number of carboxylic acids is 1. The summed E-state index contributed by atoms with van der Waals surface area (Å²) in [5.41, 5.74) is 2.12. The number of carbonyl (C=O) groups is 1. The molecule has 1 fully saturated rings. The summed E-state index contributed by atoms with van der Waals surface area (Å²) in [5, 5.41) is 14.6. The van der Waals surface area contributed by atoms with Gasteiger partial charge in [-0.15, -0.1) is 0 Å². The van der Waals surface area contributed by atoms with Crippen LogP contribution in [0, 0.1) is 0 Å². The number of benzene rings is 2. The number of nitrogens with zero attached hydrogens (tertiary/aromatic N) is 1. The van der Waals surface area contributed by atoms with Crippen molar-refractivity contribution >= 4 is 40.1 Å². The van der Waals surface area contributed by atoms with E-state index in [2.05, 4.69) is 5.32 Å². The Morgan fingerprint density at radius 2 is 1.96 bits per heavy atom. The molecule has 0 spiro atoms. The second-order valence-electron chi connectivity index (χ2n) is 6.06. The number of morpholine rings is 1. The van der Waals surface area contributed by atoms with Crippen molar-refractivity contribution in [3.63, 3.8) is 0 Å². The first-order valence-corrected chi connectivity index (χ1v) is 8.98. The Hall–Kier alpha value is -2.05. The first-order chi connectivity index (χ1) is 12.6. The molecule has 0 amide bonds. The molecule has 4 rings (SSSR count). The standard InChI is InChI=1S/C19H16Cl2N2O3/c20-12-6-7-13-15(17(12)21)16(14-10-22-8-9-26-14)18(19(24)25)23(13)11-4-2-1-3-5-11/h1-7,14,22H,8-10H2,(H,24,25). The van der Waals surface area contributed by atoms with Crippen molar-refractivity contribution in [2.24, 2.45) is 0 Å². The molecule has 0 aliphatic carbocycles. The van der Waals surface area contributed by atoms with Gasteiger partial charge in [-0.05, 0) is 24.3 Å². The molecule has 1 unspecified atom stereocenters. The number of rotatable bonds is 3. The maximum absolute atomic E-state index is 12.3. The molecule has 1 saturated heterocycles. The van der Waals surface area contributed by atoms with Gasteiger partial charge in [-0.3, -0.25) is 0 Å². The van der Waals surface area contributed by atoms with Crippen LogP contribution >= 0.6 is 23.2 Å². The lowest BCUT2D eigenvalue weighted by Gasteiger charge is -2.24. The highest BCUT2D eigenvalue weighted by Crippen LogP contribution is 2.41. The van der Waals surface area contributed by atoms with Gasteiger partial charge in [0, 0.05) is 29.7 Å². The number of aromatic nitrogens is 1. The predicted octanol–water partition coefficient (Wildman–Crippen LogP) is 4.30. The average Bonchev–Trinajstić information content (AvgIpc) is 3.02. The van der Waals surface area contributed by atoms with Gasteiger partial charge in [-0.2, -0.15) is 0 Å². The number of fused-ring (bicyclic) bond motifs is 1. The van der Waals surface area contributed by atoms with Crippen molar-refractivity contribution in [3.8, 4) is 5.69 Å². The van der Waals surface area contributed by atoms with Gasteiger partial charge in [0.2, 0.25) is 0 Å². The Labute approximate surface area is 160 Å². The van der Waals surface area contributed by atoms with Crippen LogP contribution in [0.15, 0.2) is 42.5 Å². The van der Waals surface area contributed by atoms with Crippen molar-refractivity contribution in [2.75, 3.05) is 19.7 Å². The van der Waals surface area contributed by atoms with E-state index < -0.39 is 12.1 Å². The monoisotopic (exact) mass is 390 g/mol. The van der Waals surface area contributed by atoms with Crippen LogP contribution in [0.1, 0.15) is 22.2 Å². The summed E-state index contributed by atoms with van der Waals surface area (Å²) in [7, 11) is 0. The Morgan fingerprint density at radius 3 is 2.62 bits per heavy atom. The van der Waals surface area contributed by atoms with Crippen LogP contribution in [0.4, 0.5) is 0 Å². The van der Waals surface area contributed by atoms with E-state index in [1.807, 2.05) is 30.3 Å². The first-order valence-electron chi connectivity index (χ1n) is 8.23. The number of halogens is 2. The second-order valence-corrected chi connectivity index (χ2v) is 6.84. The van der Waals surface area contributed by atoms with E-state index in [9.17, 15) is 9.90 Å². The molecule has 2 N–H and O–H groups in total. The van der Waals surface area contributed by atoms with Gasteiger partial charge in [-0.1, -0.05) is 41.4 Å². The van der Waals surface area contributed by atoms with E-state index in [0.29, 0.717) is 39.7 Å². The van der Waals surface area contributed by atoms with Crippen molar-refractivity contribution in [2.45, 2.75) is 6.10 Å². The van der Waals surface area contributed by atoms with Gasteiger partial charge in [0.05, 0.1) is 28.3 Å². The van der Waals surface area contributed by atoms with Gasteiger partial charge in [0.1, 0.15) is 5.69 Å². The maximum Gasteiger partial charge on any atom is 0.353 e. The number of aromatic carboxylic acids is 1. The number of para-hydroxylation sites is 1. The first kappa shape index (κ1) is 17.4. The lowest BCUT2D eigenvalue weighted by Crippen LogP contribution is -2.34. The van der Waals surface area contributed by atoms with Gasteiger partial charge in [0.15, 0.2) is 0 Å². The quantitative estimate of drug-likeness (QED) is 0.699. The molecule has 1 atom stereocenters. The fourth-order valence-corrected chi connectivity index (χ4v) is 3.88. The van der Waals surface area contributed by atoms with Crippen LogP contribution in [-0.4, -0.2) is 35.3 Å². The molecule has 3 aromatic rings. The summed E-state index contributed by atoms with van der Waals surface area (Å²) < 4.78 is 7.57. The second kappa shape index (κ2) is 6.93. The molecule has 2 aromatic carbocycles. The molecule has 0 bridgehead atoms. The fraction of sp³-hybridized carbons (Fsp3) is 0.211.